The Kier molecular flexibility index (Phi) is 26.6. The summed E-state index contributed by atoms with van der Waals surface area (Å²) in [7, 11) is -3.37. The van der Waals surface area contributed by atoms with Crippen LogP contribution in [0.25, 0.3) is 0 Å². The molecule has 0 saturated heterocycles. The van der Waals surface area contributed by atoms with Gasteiger partial charge < -0.3 is 23.3 Å². The summed E-state index contributed by atoms with van der Waals surface area (Å²) in [5.41, 5.74) is 0. The van der Waals surface area contributed by atoms with Crippen LogP contribution in [-0.4, -0.2) is 55.1 Å². The minimum Gasteiger partial charge on any atom is -0.854 e. The zero-order valence-corrected chi connectivity index (χ0v) is 7.21. The molecule has 0 rings (SSSR count). The van der Waals surface area contributed by atoms with Crippen LogP contribution in [0.2, 0.25) is 0 Å². The van der Waals surface area contributed by atoms with Crippen molar-refractivity contribution in [3.8, 4) is 0 Å². The predicted molar refractivity (Wildman–Crippen MR) is 18.4 cm³/mol. The Morgan fingerprint density at radius 1 is 1.00 bits per heavy atom. The van der Waals surface area contributed by atoms with Crippen LogP contribution < -0.4 is 14.7 Å². The first-order chi connectivity index (χ1) is 1.73. The second-order valence-electron chi connectivity index (χ2n) is 0.224. The molecule has 26 valence electrons. The van der Waals surface area contributed by atoms with Gasteiger partial charge in [-0.1, -0.05) is 0 Å². The molecule has 0 unspecified atom stereocenters. The van der Waals surface area contributed by atoms with E-state index in [0.29, 0.717) is 0 Å². The van der Waals surface area contributed by atoms with Crippen molar-refractivity contribution in [3.63, 3.8) is 0 Å². The third-order valence-corrected chi connectivity index (χ3v) is 0. The molecule has 0 N–H and O–H groups in total. The molecule has 0 aromatic heterocycles. The Labute approximate surface area is 77.5 Å². The van der Waals surface area contributed by atoms with E-state index in [1.54, 1.807) is 0 Å². The maximum atomic E-state index is 8.48. The first-order valence-corrected chi connectivity index (χ1v) is 1.64. The molecular weight excluding hydrogens is 146 g/mol. The van der Waals surface area contributed by atoms with E-state index >= 15 is 0 Å². The second kappa shape index (κ2) is 10.2. The smallest absolute Gasteiger partial charge is 0.854 e. The Balaban J connectivity index is -0.0000000450. The normalized spacial score (nSPS) is 6.00. The largest absolute Gasteiger partial charge is 3.00 e. The molecule has 0 saturated carbocycles. The van der Waals surface area contributed by atoms with Crippen molar-refractivity contribution in [1.29, 1.82) is 0 Å². The van der Waals surface area contributed by atoms with Gasteiger partial charge in [0, 0.05) is 0 Å². The molecule has 0 spiro atoms. The molecule has 3 nitrogen and oxygen atoms in total. The van der Waals surface area contributed by atoms with Gasteiger partial charge in [0.2, 0.25) is 0 Å². The summed E-state index contributed by atoms with van der Waals surface area (Å²) in [6, 6.07) is 0. The molecule has 0 atom stereocenters. The monoisotopic (exact) mass is 146 g/mol. The Morgan fingerprint density at radius 2 is 1.00 bits per heavy atom. The van der Waals surface area contributed by atoms with Crippen LogP contribution in [0.5, 0.6) is 0 Å². The van der Waals surface area contributed by atoms with Crippen LogP contribution in [0, 0.1) is 0 Å². The van der Waals surface area contributed by atoms with Gasteiger partial charge in [0.15, 0.2) is 0 Å². The molecule has 0 aliphatic carbocycles. The van der Waals surface area contributed by atoms with Gasteiger partial charge in [-0.25, -0.2) is 0 Å². The van der Waals surface area contributed by atoms with Gasteiger partial charge in [-0.05, 0) is 0 Å². The van der Waals surface area contributed by atoms with Crippen molar-refractivity contribution in [2.24, 2.45) is 0 Å². The van der Waals surface area contributed by atoms with E-state index in [-0.39, 0.29) is 55.1 Å². The second-order valence-corrected chi connectivity index (χ2v) is 0.671. The van der Waals surface area contributed by atoms with Crippen molar-refractivity contribution < 1.29 is 14.7 Å². The minimum absolute atomic E-state index is 0. The zero-order valence-electron chi connectivity index (χ0n) is 2.96. The van der Waals surface area contributed by atoms with Crippen molar-refractivity contribution >= 4 is 63.7 Å². The van der Waals surface area contributed by atoms with E-state index in [9.17, 15) is 0 Å². The van der Waals surface area contributed by atoms with Crippen molar-refractivity contribution in [2.45, 2.75) is 0 Å². The van der Waals surface area contributed by atoms with Gasteiger partial charge in [0.25, 0.3) is 0 Å². The summed E-state index contributed by atoms with van der Waals surface area (Å²) in [5, 5.41) is 0. The average molecular weight is 146 g/mol. The van der Waals surface area contributed by atoms with Gasteiger partial charge in [0.1, 0.15) is 0 Å². The van der Waals surface area contributed by atoms with Crippen molar-refractivity contribution in [3.05, 3.63) is 0 Å². The van der Waals surface area contributed by atoms with Crippen LogP contribution >= 0.6 is 8.60 Å². The molecule has 0 aromatic rings. The van der Waals surface area contributed by atoms with E-state index in [4.69, 9.17) is 14.7 Å². The Hall–Kier alpha value is 2.10. The van der Waals surface area contributed by atoms with Crippen molar-refractivity contribution in [2.75, 3.05) is 0 Å². The third-order valence-electron chi connectivity index (χ3n) is 0. The first-order valence-electron chi connectivity index (χ1n) is 0.548. The molecule has 0 aromatic carbocycles. The van der Waals surface area contributed by atoms with E-state index in [1.807, 2.05) is 0 Å². The van der Waals surface area contributed by atoms with Crippen LogP contribution in [0.3, 0.4) is 0 Å². The first kappa shape index (κ1) is 15.7. The maximum Gasteiger partial charge on any atom is 3.00 e. The van der Waals surface area contributed by atoms with Crippen LogP contribution in [0.1, 0.15) is 0 Å². The van der Waals surface area contributed by atoms with Crippen molar-refractivity contribution in [1.82, 2.24) is 0 Å². The van der Waals surface area contributed by atoms with Crippen LogP contribution in [0.15, 0.2) is 0 Å². The van der Waals surface area contributed by atoms with Gasteiger partial charge in [-0.3, -0.25) is 0 Å². The van der Waals surface area contributed by atoms with Crippen LogP contribution in [-0.2, 0) is 0 Å². The SMILES string of the molecule is [Al+3].[Ca+2].[O-]P([O-])[O-]. The van der Waals surface area contributed by atoms with Gasteiger partial charge in [0.05, 0.1) is 0 Å². The molecule has 0 bridgehead atoms. The fourth-order valence-corrected chi connectivity index (χ4v) is 0. The Morgan fingerprint density at radius 3 is 1.00 bits per heavy atom. The summed E-state index contributed by atoms with van der Waals surface area (Å²) in [5.74, 6) is 0. The summed E-state index contributed by atoms with van der Waals surface area (Å²) in [4.78, 5) is 25.4. The summed E-state index contributed by atoms with van der Waals surface area (Å²) in [6.45, 7) is 0. The van der Waals surface area contributed by atoms with E-state index in [2.05, 4.69) is 0 Å². The molecule has 0 amide bonds. The number of rotatable bonds is 0. The molecule has 6 heavy (non-hydrogen) atoms. The topological polar surface area (TPSA) is 69.2 Å². The quantitative estimate of drug-likeness (QED) is 0.263. The summed E-state index contributed by atoms with van der Waals surface area (Å²) >= 11 is 0. The van der Waals surface area contributed by atoms with Crippen LogP contribution in [0.4, 0.5) is 0 Å². The minimum atomic E-state index is -3.37. The van der Waals surface area contributed by atoms with Gasteiger partial charge >= 0.3 is 55.1 Å². The standard InChI is InChI=1S/Al.Ca.O3P/c;;1-4(2)3/q+3;+2;-3. The summed E-state index contributed by atoms with van der Waals surface area (Å²) < 4.78 is 0. The number of hydrogen-bond acceptors (Lipinski definition) is 3. The maximum absolute atomic E-state index is 8.48. The molecule has 0 heterocycles. The molecular formula is AlCaO3P+2. The average Bonchev–Trinajstić information content (AvgIpc) is 0.811. The Bertz CT molecular complexity index is 15.5. The zero-order chi connectivity index (χ0) is 3.58. The fraction of sp³-hybridized carbons (Fsp3) is 0. The van der Waals surface area contributed by atoms with E-state index in [0.717, 1.165) is 0 Å². The fourth-order valence-electron chi connectivity index (χ4n) is 0. The summed E-state index contributed by atoms with van der Waals surface area (Å²) in [6.07, 6.45) is 0. The number of hydrogen-bond donors (Lipinski definition) is 0. The van der Waals surface area contributed by atoms with Gasteiger partial charge in [-0.2, -0.15) is 0 Å². The molecule has 6 heteroatoms. The molecule has 0 aliphatic rings. The third kappa shape index (κ3) is 35.9. The van der Waals surface area contributed by atoms with Gasteiger partial charge in [-0.15, -0.1) is 0 Å². The van der Waals surface area contributed by atoms with E-state index in [1.165, 1.54) is 0 Å². The molecule has 0 fully saturated rings. The molecule has 0 aliphatic heterocycles. The molecule has 0 radical (unpaired) electrons. The predicted octanol–water partition coefficient (Wildman–Crippen LogP) is -3.47. The van der Waals surface area contributed by atoms with E-state index < -0.39 is 8.60 Å².